The zero-order chi connectivity index (χ0) is 28.0. The summed E-state index contributed by atoms with van der Waals surface area (Å²) < 4.78 is 0. The maximum Gasteiger partial charge on any atom is 0.118 e. The van der Waals surface area contributed by atoms with Gasteiger partial charge >= 0.3 is 0 Å². The van der Waals surface area contributed by atoms with E-state index < -0.39 is 0 Å². The molecule has 6 heteroatoms. The lowest BCUT2D eigenvalue weighted by Crippen LogP contribution is -2.37. The third kappa shape index (κ3) is 4.63. The van der Waals surface area contributed by atoms with E-state index in [1.807, 2.05) is 30.4 Å². The van der Waals surface area contributed by atoms with Gasteiger partial charge < -0.3 is 4.98 Å². The molecule has 7 rings (SSSR count). The Labute approximate surface area is 251 Å². The van der Waals surface area contributed by atoms with Crippen LogP contribution in [0.4, 0.5) is 0 Å². The predicted molar refractivity (Wildman–Crippen MR) is 165 cm³/mol. The summed E-state index contributed by atoms with van der Waals surface area (Å²) in [6.45, 7) is 3.13. The normalized spacial score (nSPS) is 21.4. The topological polar surface area (TPSA) is 55.7 Å². The Kier molecular flexibility index (Phi) is 6.63. The minimum atomic E-state index is -0.182. The fourth-order valence-corrected chi connectivity index (χ4v) is 7.33. The Balaban J connectivity index is 1.23. The van der Waals surface area contributed by atoms with E-state index in [0.717, 1.165) is 67.2 Å². The van der Waals surface area contributed by atoms with Gasteiger partial charge in [0, 0.05) is 18.7 Å². The number of nitrogens with one attached hydrogen (secondary N) is 1. The van der Waals surface area contributed by atoms with Crippen molar-refractivity contribution in [2.75, 3.05) is 13.1 Å². The molecule has 3 aliphatic rings. The van der Waals surface area contributed by atoms with Crippen LogP contribution in [0.5, 0.6) is 0 Å². The second-order valence-electron chi connectivity index (χ2n) is 11.6. The first-order chi connectivity index (χ1) is 20.0. The number of aromatic nitrogens is 2. The number of halogens is 2. The van der Waals surface area contributed by atoms with Gasteiger partial charge in [0.2, 0.25) is 0 Å². The summed E-state index contributed by atoms with van der Waals surface area (Å²) in [6.07, 6.45) is 7.84. The van der Waals surface area contributed by atoms with Crippen LogP contribution in [-0.4, -0.2) is 28.0 Å². The molecule has 0 bridgehead atoms. The van der Waals surface area contributed by atoms with E-state index in [9.17, 15) is 5.26 Å². The maximum absolute atomic E-state index is 9.37. The second kappa shape index (κ2) is 10.3. The molecule has 4 nitrogen and oxygen atoms in total. The van der Waals surface area contributed by atoms with Crippen LogP contribution in [0.1, 0.15) is 53.2 Å². The van der Waals surface area contributed by atoms with Crippen molar-refractivity contribution >= 4 is 29.3 Å². The quantitative estimate of drug-likeness (QED) is 0.260. The number of piperidine rings is 1. The molecule has 1 N–H and O–H groups in total. The third-order valence-corrected chi connectivity index (χ3v) is 10.1. The number of nitriles is 1. The van der Waals surface area contributed by atoms with E-state index in [4.69, 9.17) is 28.2 Å². The van der Waals surface area contributed by atoms with Crippen molar-refractivity contribution in [2.24, 2.45) is 5.41 Å². The Morgan fingerprint density at radius 2 is 1.68 bits per heavy atom. The number of hydrogen-bond acceptors (Lipinski definition) is 3. The number of imidazole rings is 1. The zero-order valence-corrected chi connectivity index (χ0v) is 24.2. The molecule has 1 atom stereocenters. The Morgan fingerprint density at radius 3 is 2.44 bits per heavy atom. The number of aromatic amines is 1. The van der Waals surface area contributed by atoms with Gasteiger partial charge in [0.25, 0.3) is 0 Å². The molecule has 1 spiro atoms. The van der Waals surface area contributed by atoms with Crippen LogP contribution in [0.25, 0.3) is 17.2 Å². The van der Waals surface area contributed by atoms with Crippen LogP contribution in [0.15, 0.2) is 95.0 Å². The minimum absolute atomic E-state index is 0.153. The zero-order valence-electron chi connectivity index (χ0n) is 22.7. The summed E-state index contributed by atoms with van der Waals surface area (Å²) in [6, 6.07) is 29.7. The fraction of sp³-hybridized carbons (Fsp3) is 0.257. The predicted octanol–water partition coefficient (Wildman–Crippen LogP) is 8.18. The minimum Gasteiger partial charge on any atom is -0.344 e. The number of nitrogens with zero attached hydrogens (tertiary/aromatic N) is 3. The first-order valence-corrected chi connectivity index (χ1v) is 15.0. The number of likely N-dealkylation sites (tertiary alicyclic amines) is 1. The van der Waals surface area contributed by atoms with Crippen molar-refractivity contribution in [2.45, 2.75) is 37.6 Å². The number of rotatable bonds is 5. The maximum atomic E-state index is 9.37. The molecule has 1 saturated heterocycles. The standard InChI is InChI=1S/C35H30Cl2N4/c36-29-13-14-31-32(20-30(29)37)40-33(39-31)35(28-11-9-26(10-12-28)27-8-4-7-25(19-27)21-38)23-34(35)15-17-41(18-16-34)22-24-5-2-1-3-6-24/h1-13,19-20H,14-18,22-23H2,(H,39,40). The van der Waals surface area contributed by atoms with Crippen molar-refractivity contribution < 1.29 is 0 Å². The number of fused-ring (bicyclic) bond motifs is 1. The van der Waals surface area contributed by atoms with Crippen molar-refractivity contribution in [1.29, 1.82) is 5.26 Å². The Bertz CT molecular complexity index is 1700. The molecule has 2 heterocycles. The molecule has 4 aromatic rings. The molecule has 0 radical (unpaired) electrons. The van der Waals surface area contributed by atoms with Gasteiger partial charge in [0.05, 0.1) is 32.8 Å². The van der Waals surface area contributed by atoms with Crippen molar-refractivity contribution in [3.8, 4) is 17.2 Å². The van der Waals surface area contributed by atoms with E-state index >= 15 is 0 Å². The SMILES string of the molecule is N#Cc1cccc(-c2ccc(C3(c4nc5c([nH]4)CC=C(Cl)C(Cl)=C5)CC34CCN(Cc3ccccc3)CC4)cc2)c1. The van der Waals surface area contributed by atoms with E-state index in [2.05, 4.69) is 76.6 Å². The highest BCUT2D eigenvalue weighted by Crippen LogP contribution is 2.72. The lowest BCUT2D eigenvalue weighted by atomic mass is 9.79. The summed E-state index contributed by atoms with van der Waals surface area (Å²) in [4.78, 5) is 11.5. The number of benzene rings is 3. The Hall–Kier alpha value is -3.62. The number of H-pyrrole nitrogens is 1. The molecule has 0 amide bonds. The summed E-state index contributed by atoms with van der Waals surface area (Å²) in [5, 5.41) is 10.5. The smallest absolute Gasteiger partial charge is 0.118 e. The second-order valence-corrected chi connectivity index (χ2v) is 12.4. The van der Waals surface area contributed by atoms with Crippen LogP contribution in [0.3, 0.4) is 0 Å². The van der Waals surface area contributed by atoms with Crippen LogP contribution in [-0.2, 0) is 18.4 Å². The summed E-state index contributed by atoms with van der Waals surface area (Å²) in [7, 11) is 0. The fourth-order valence-electron chi connectivity index (χ4n) is 7.02. The van der Waals surface area contributed by atoms with Crippen molar-refractivity contribution in [3.63, 3.8) is 0 Å². The summed E-state index contributed by atoms with van der Waals surface area (Å²) in [5.74, 6) is 1.03. The molecule has 1 unspecified atom stereocenters. The molecule has 1 aromatic heterocycles. The molecule has 204 valence electrons. The number of allylic oxidation sites excluding steroid dienone is 3. The third-order valence-electron chi connectivity index (χ3n) is 9.34. The molecular weight excluding hydrogens is 547 g/mol. The summed E-state index contributed by atoms with van der Waals surface area (Å²) >= 11 is 12.8. The van der Waals surface area contributed by atoms with Gasteiger partial charge in [0.1, 0.15) is 5.82 Å². The molecule has 41 heavy (non-hydrogen) atoms. The van der Waals surface area contributed by atoms with Gasteiger partial charge in [-0.2, -0.15) is 5.26 Å². The van der Waals surface area contributed by atoms with Gasteiger partial charge in [0.15, 0.2) is 0 Å². The van der Waals surface area contributed by atoms with Crippen LogP contribution in [0, 0.1) is 16.7 Å². The molecule has 1 aliphatic heterocycles. The first kappa shape index (κ1) is 26.3. The highest BCUT2D eigenvalue weighted by atomic mass is 35.5. The van der Waals surface area contributed by atoms with Crippen LogP contribution >= 0.6 is 23.2 Å². The molecule has 2 aliphatic carbocycles. The van der Waals surface area contributed by atoms with Gasteiger partial charge in [-0.1, -0.05) is 96.0 Å². The Morgan fingerprint density at radius 1 is 0.902 bits per heavy atom. The average Bonchev–Trinajstić information content (AvgIpc) is 3.53. The van der Waals surface area contributed by atoms with Crippen molar-refractivity contribution in [3.05, 3.63) is 129 Å². The monoisotopic (exact) mass is 576 g/mol. The highest BCUT2D eigenvalue weighted by molar-refractivity contribution is 6.45. The molecule has 1 saturated carbocycles. The van der Waals surface area contributed by atoms with Crippen LogP contribution < -0.4 is 0 Å². The van der Waals surface area contributed by atoms with E-state index in [-0.39, 0.29) is 10.8 Å². The largest absolute Gasteiger partial charge is 0.344 e. The lowest BCUT2D eigenvalue weighted by molar-refractivity contribution is 0.154. The molecular formula is C35H30Cl2N4. The first-order valence-electron chi connectivity index (χ1n) is 14.2. The van der Waals surface area contributed by atoms with Gasteiger partial charge in [-0.3, -0.25) is 4.90 Å². The number of hydrogen-bond donors (Lipinski definition) is 1. The van der Waals surface area contributed by atoms with Crippen LogP contribution in [0.2, 0.25) is 0 Å². The van der Waals surface area contributed by atoms with E-state index in [0.29, 0.717) is 22.0 Å². The molecule has 2 fully saturated rings. The molecule has 3 aromatic carbocycles. The average molecular weight is 578 g/mol. The van der Waals surface area contributed by atoms with Crippen molar-refractivity contribution in [1.82, 2.24) is 14.9 Å². The van der Waals surface area contributed by atoms with E-state index in [1.165, 1.54) is 11.1 Å². The van der Waals surface area contributed by atoms with Gasteiger partial charge in [-0.15, -0.1) is 0 Å². The summed E-state index contributed by atoms with van der Waals surface area (Å²) in [5.41, 5.74) is 7.40. The van der Waals surface area contributed by atoms with Gasteiger partial charge in [-0.25, -0.2) is 4.98 Å². The lowest BCUT2D eigenvalue weighted by Gasteiger charge is -2.35. The van der Waals surface area contributed by atoms with Gasteiger partial charge in [-0.05, 0) is 78.2 Å². The highest BCUT2D eigenvalue weighted by Gasteiger charge is 2.70. The van der Waals surface area contributed by atoms with E-state index in [1.54, 1.807) is 0 Å².